The number of aromatic nitrogens is 1. The molecule has 3 aromatic rings. The highest BCUT2D eigenvalue weighted by atomic mass is 16.5. The second-order valence-corrected chi connectivity index (χ2v) is 7.11. The van der Waals surface area contributed by atoms with Crippen LogP contribution in [-0.4, -0.2) is 23.3 Å². The number of nitrogens with zero attached hydrogens (tertiary/aromatic N) is 2. The fourth-order valence-corrected chi connectivity index (χ4v) is 3.42. The molecule has 0 fully saturated rings. The molecule has 0 spiro atoms. The Labute approximate surface area is 175 Å². The summed E-state index contributed by atoms with van der Waals surface area (Å²) in [6, 6.07) is 23.1. The fraction of sp³-hybridized carbons (Fsp3) is 0.208. The molecule has 0 saturated carbocycles. The molecule has 1 unspecified atom stereocenters. The van der Waals surface area contributed by atoms with Gasteiger partial charge in [-0.05, 0) is 23.3 Å². The number of amides is 2. The quantitative estimate of drug-likeness (QED) is 0.685. The number of pyridine rings is 1. The minimum atomic E-state index is -0.279. The molecule has 2 aromatic carbocycles. The van der Waals surface area contributed by atoms with Crippen molar-refractivity contribution in [2.24, 2.45) is 0 Å². The highest BCUT2D eigenvalue weighted by molar-refractivity contribution is 5.96. The first-order chi connectivity index (χ1) is 14.7. The van der Waals surface area contributed by atoms with Crippen molar-refractivity contribution in [2.45, 2.75) is 25.5 Å². The summed E-state index contributed by atoms with van der Waals surface area (Å²) in [5.41, 5.74) is 2.01. The maximum Gasteiger partial charge on any atom is 0.228 e. The molecule has 0 bridgehead atoms. The Kier molecular flexibility index (Phi) is 6.03. The van der Waals surface area contributed by atoms with Gasteiger partial charge in [0, 0.05) is 25.6 Å². The maximum absolute atomic E-state index is 13.0. The highest BCUT2D eigenvalue weighted by Gasteiger charge is 2.31. The van der Waals surface area contributed by atoms with Gasteiger partial charge in [-0.15, -0.1) is 0 Å². The van der Waals surface area contributed by atoms with E-state index in [-0.39, 0.29) is 30.8 Å². The van der Waals surface area contributed by atoms with Gasteiger partial charge in [-0.25, -0.2) is 4.98 Å². The average molecular weight is 401 g/mol. The zero-order chi connectivity index (χ0) is 20.8. The number of nitrogens with one attached hydrogen (secondary N) is 1. The third-order valence-electron chi connectivity index (χ3n) is 5.00. The van der Waals surface area contributed by atoms with E-state index in [0.717, 1.165) is 11.1 Å². The van der Waals surface area contributed by atoms with E-state index in [0.29, 0.717) is 24.7 Å². The zero-order valence-electron chi connectivity index (χ0n) is 16.5. The van der Waals surface area contributed by atoms with Crippen LogP contribution in [0.1, 0.15) is 30.1 Å². The van der Waals surface area contributed by atoms with Gasteiger partial charge < -0.3 is 10.1 Å². The molecule has 6 nitrogen and oxygen atoms in total. The number of hydrogen-bond donors (Lipinski definition) is 1. The summed E-state index contributed by atoms with van der Waals surface area (Å²) in [5.74, 6) is 0.772. The van der Waals surface area contributed by atoms with E-state index in [1.54, 1.807) is 17.2 Å². The lowest BCUT2D eigenvalue weighted by atomic mass is 10.1. The van der Waals surface area contributed by atoms with E-state index in [1.165, 1.54) is 0 Å². The lowest BCUT2D eigenvalue weighted by molar-refractivity contribution is -0.125. The van der Waals surface area contributed by atoms with Crippen molar-refractivity contribution in [2.75, 3.05) is 11.4 Å². The van der Waals surface area contributed by atoms with Crippen molar-refractivity contribution in [1.82, 2.24) is 10.3 Å². The van der Waals surface area contributed by atoms with Crippen molar-refractivity contribution in [3.05, 3.63) is 90.1 Å². The Hall–Kier alpha value is -3.67. The summed E-state index contributed by atoms with van der Waals surface area (Å²) >= 11 is 0. The van der Waals surface area contributed by atoms with Crippen LogP contribution in [0, 0.1) is 0 Å². The molecule has 0 saturated heterocycles. The first-order valence-electron chi connectivity index (χ1n) is 9.98. The van der Waals surface area contributed by atoms with Gasteiger partial charge >= 0.3 is 0 Å². The number of rotatable bonds is 6. The molecule has 0 aliphatic carbocycles. The van der Waals surface area contributed by atoms with E-state index < -0.39 is 0 Å². The molecule has 4 rings (SSSR count). The van der Waals surface area contributed by atoms with Gasteiger partial charge in [-0.2, -0.15) is 0 Å². The largest absolute Gasteiger partial charge is 0.480 e. The number of anilines is 1. The minimum absolute atomic E-state index is 0.109. The first-order valence-corrected chi connectivity index (χ1v) is 9.98. The number of benzene rings is 2. The number of carbonyl (C=O) groups excluding carboxylic acids is 2. The molecule has 2 heterocycles. The Morgan fingerprint density at radius 1 is 0.967 bits per heavy atom. The summed E-state index contributed by atoms with van der Waals surface area (Å²) in [6.07, 6.45) is 1.59. The Morgan fingerprint density at radius 2 is 1.70 bits per heavy atom. The number of carbonyl (C=O) groups is 2. The smallest absolute Gasteiger partial charge is 0.228 e. The van der Waals surface area contributed by atoms with Crippen LogP contribution < -0.4 is 15.0 Å². The first kappa shape index (κ1) is 19.6. The Bertz CT molecular complexity index is 1010. The molecule has 1 aliphatic rings. The van der Waals surface area contributed by atoms with Crippen LogP contribution in [0.15, 0.2) is 79.0 Å². The molecule has 1 aromatic heterocycles. The SMILES string of the molecule is O=C(CCC(=O)N1CC(c2ccccc2)Oc2cccnc21)NCc1ccccc1. The average Bonchev–Trinajstić information content (AvgIpc) is 2.81. The van der Waals surface area contributed by atoms with Crippen molar-refractivity contribution >= 4 is 17.6 Å². The standard InChI is InChI=1S/C24H23N3O3/c28-22(26-16-18-8-3-1-4-9-18)13-14-23(29)27-17-21(19-10-5-2-6-11-19)30-20-12-7-15-25-24(20)27/h1-12,15,21H,13-14,16-17H2,(H,26,28). The van der Waals surface area contributed by atoms with Crippen LogP contribution in [-0.2, 0) is 16.1 Å². The van der Waals surface area contributed by atoms with Crippen molar-refractivity contribution in [3.63, 3.8) is 0 Å². The molecular weight excluding hydrogens is 378 g/mol. The molecule has 2 amide bonds. The lowest BCUT2D eigenvalue weighted by Crippen LogP contribution is -2.40. The van der Waals surface area contributed by atoms with Crippen LogP contribution in [0.25, 0.3) is 0 Å². The number of fused-ring (bicyclic) bond motifs is 1. The van der Waals surface area contributed by atoms with Gasteiger partial charge in [0.15, 0.2) is 11.6 Å². The van der Waals surface area contributed by atoms with Crippen LogP contribution in [0.2, 0.25) is 0 Å². The highest BCUT2D eigenvalue weighted by Crippen LogP contribution is 2.36. The van der Waals surface area contributed by atoms with Gasteiger partial charge in [0.05, 0.1) is 6.54 Å². The monoisotopic (exact) mass is 401 g/mol. The van der Waals surface area contributed by atoms with Crippen molar-refractivity contribution in [3.8, 4) is 5.75 Å². The van der Waals surface area contributed by atoms with E-state index in [2.05, 4.69) is 10.3 Å². The van der Waals surface area contributed by atoms with Crippen molar-refractivity contribution < 1.29 is 14.3 Å². The molecule has 1 atom stereocenters. The van der Waals surface area contributed by atoms with Gasteiger partial charge in [0.25, 0.3) is 0 Å². The molecular formula is C24H23N3O3. The van der Waals surface area contributed by atoms with E-state index >= 15 is 0 Å². The second-order valence-electron chi connectivity index (χ2n) is 7.11. The third kappa shape index (κ3) is 4.66. The molecule has 6 heteroatoms. The molecule has 1 N–H and O–H groups in total. The van der Waals surface area contributed by atoms with Crippen LogP contribution in [0.3, 0.4) is 0 Å². The molecule has 1 aliphatic heterocycles. The van der Waals surface area contributed by atoms with Crippen LogP contribution in [0.5, 0.6) is 5.75 Å². The Morgan fingerprint density at radius 3 is 2.47 bits per heavy atom. The summed E-state index contributed by atoms with van der Waals surface area (Å²) in [5, 5.41) is 2.86. The predicted molar refractivity (Wildman–Crippen MR) is 114 cm³/mol. The maximum atomic E-state index is 13.0. The molecule has 30 heavy (non-hydrogen) atoms. The minimum Gasteiger partial charge on any atom is -0.480 e. The van der Waals surface area contributed by atoms with E-state index in [4.69, 9.17) is 4.74 Å². The van der Waals surface area contributed by atoms with Crippen LogP contribution >= 0.6 is 0 Å². The Balaban J connectivity index is 1.40. The summed E-state index contributed by atoms with van der Waals surface area (Å²) < 4.78 is 6.08. The van der Waals surface area contributed by atoms with E-state index in [9.17, 15) is 9.59 Å². The number of hydrogen-bond acceptors (Lipinski definition) is 4. The molecule has 0 radical (unpaired) electrons. The normalized spacial score (nSPS) is 15.1. The van der Waals surface area contributed by atoms with Crippen molar-refractivity contribution in [1.29, 1.82) is 0 Å². The zero-order valence-corrected chi connectivity index (χ0v) is 16.5. The summed E-state index contributed by atoms with van der Waals surface area (Å²) in [7, 11) is 0. The van der Waals surface area contributed by atoms with Gasteiger partial charge in [-0.1, -0.05) is 60.7 Å². The second kappa shape index (κ2) is 9.22. The predicted octanol–water partition coefficient (Wildman–Crippen LogP) is 3.64. The van der Waals surface area contributed by atoms with Crippen LogP contribution in [0.4, 0.5) is 5.82 Å². The summed E-state index contributed by atoms with van der Waals surface area (Å²) in [4.78, 5) is 31.1. The summed E-state index contributed by atoms with van der Waals surface area (Å²) in [6.45, 7) is 0.810. The van der Waals surface area contributed by atoms with E-state index in [1.807, 2.05) is 66.7 Å². The van der Waals surface area contributed by atoms with Gasteiger partial charge in [0.2, 0.25) is 11.8 Å². The number of ether oxygens (including phenoxy) is 1. The third-order valence-corrected chi connectivity index (χ3v) is 5.00. The van der Waals surface area contributed by atoms with Gasteiger partial charge in [0.1, 0.15) is 6.10 Å². The fourth-order valence-electron chi connectivity index (χ4n) is 3.42. The van der Waals surface area contributed by atoms with Gasteiger partial charge in [-0.3, -0.25) is 14.5 Å². The molecule has 152 valence electrons. The topological polar surface area (TPSA) is 71.5 Å². The lowest BCUT2D eigenvalue weighted by Gasteiger charge is -2.34.